The van der Waals surface area contributed by atoms with E-state index in [2.05, 4.69) is 49.7 Å². The van der Waals surface area contributed by atoms with Crippen molar-refractivity contribution in [3.8, 4) is 5.69 Å². The third kappa shape index (κ3) is 5.71. The molecule has 150 valence electrons. The molecule has 2 amide bonds. The standard InChI is InChI=1S/C21H21BrN4O2S/c1-14-7-8-15(2)18(11-14)26-10-9-23-21(26)29-13-20(28)24-12-19(27)25-17-6-4-3-5-16(17)22/h3-11H,12-13H2,1-2H3,(H,24,28)(H,25,27). The van der Waals surface area contributed by atoms with Crippen molar-refractivity contribution in [1.29, 1.82) is 0 Å². The molecule has 0 bridgehead atoms. The molecule has 0 aliphatic rings. The Labute approximate surface area is 182 Å². The Bertz CT molecular complexity index is 1040. The van der Waals surface area contributed by atoms with Crippen molar-refractivity contribution in [2.24, 2.45) is 0 Å². The van der Waals surface area contributed by atoms with Gasteiger partial charge >= 0.3 is 0 Å². The highest BCUT2D eigenvalue weighted by atomic mass is 79.9. The number of thioether (sulfide) groups is 1. The summed E-state index contributed by atoms with van der Waals surface area (Å²) in [4.78, 5) is 28.6. The zero-order chi connectivity index (χ0) is 20.8. The average Bonchev–Trinajstić information content (AvgIpc) is 3.17. The molecule has 2 aromatic carbocycles. The van der Waals surface area contributed by atoms with Crippen LogP contribution in [-0.4, -0.2) is 33.7 Å². The molecule has 1 aromatic heterocycles. The lowest BCUT2D eigenvalue weighted by atomic mass is 10.1. The Balaban J connectivity index is 1.53. The van der Waals surface area contributed by atoms with Crippen LogP contribution < -0.4 is 10.6 Å². The Morgan fingerprint density at radius 1 is 1.14 bits per heavy atom. The highest BCUT2D eigenvalue weighted by Gasteiger charge is 2.12. The van der Waals surface area contributed by atoms with Crippen LogP contribution in [-0.2, 0) is 9.59 Å². The molecule has 29 heavy (non-hydrogen) atoms. The Kier molecular flexibility index (Phi) is 7.11. The average molecular weight is 473 g/mol. The van der Waals surface area contributed by atoms with Crippen molar-refractivity contribution >= 4 is 45.2 Å². The van der Waals surface area contributed by atoms with Gasteiger partial charge in [0.25, 0.3) is 0 Å². The van der Waals surface area contributed by atoms with Crippen molar-refractivity contribution in [3.05, 3.63) is 70.5 Å². The van der Waals surface area contributed by atoms with Crippen LogP contribution >= 0.6 is 27.7 Å². The summed E-state index contributed by atoms with van der Waals surface area (Å²) >= 11 is 4.70. The van der Waals surface area contributed by atoms with Crippen LogP contribution in [0.5, 0.6) is 0 Å². The van der Waals surface area contributed by atoms with Crippen molar-refractivity contribution in [2.75, 3.05) is 17.6 Å². The SMILES string of the molecule is Cc1ccc(C)c(-n2ccnc2SCC(=O)NCC(=O)Nc2ccccc2Br)c1. The maximum absolute atomic E-state index is 12.2. The second-order valence-electron chi connectivity index (χ2n) is 6.46. The molecule has 3 aromatic rings. The molecule has 0 atom stereocenters. The molecule has 0 spiro atoms. The molecule has 6 nitrogen and oxygen atoms in total. The summed E-state index contributed by atoms with van der Waals surface area (Å²) in [5.41, 5.74) is 3.99. The first-order valence-corrected chi connectivity index (χ1v) is 10.8. The minimum atomic E-state index is -0.285. The summed E-state index contributed by atoms with van der Waals surface area (Å²) in [6.45, 7) is 3.99. The van der Waals surface area contributed by atoms with Crippen molar-refractivity contribution in [1.82, 2.24) is 14.9 Å². The Morgan fingerprint density at radius 2 is 1.93 bits per heavy atom. The van der Waals surface area contributed by atoms with Crippen LogP contribution in [0.2, 0.25) is 0 Å². The van der Waals surface area contributed by atoms with Gasteiger partial charge in [0.05, 0.1) is 23.7 Å². The predicted molar refractivity (Wildman–Crippen MR) is 120 cm³/mol. The minimum Gasteiger partial charge on any atom is -0.346 e. The fourth-order valence-electron chi connectivity index (χ4n) is 2.68. The molecular formula is C21H21BrN4O2S. The molecular weight excluding hydrogens is 452 g/mol. The summed E-state index contributed by atoms with van der Waals surface area (Å²) < 4.78 is 2.76. The molecule has 0 aliphatic carbocycles. The van der Waals surface area contributed by atoms with E-state index in [1.807, 2.05) is 42.8 Å². The lowest BCUT2D eigenvalue weighted by Crippen LogP contribution is -2.34. The number of nitrogens with zero attached hydrogens (tertiary/aromatic N) is 2. The topological polar surface area (TPSA) is 76.0 Å². The smallest absolute Gasteiger partial charge is 0.243 e. The largest absolute Gasteiger partial charge is 0.346 e. The molecule has 0 unspecified atom stereocenters. The monoisotopic (exact) mass is 472 g/mol. The third-order valence-corrected chi connectivity index (χ3v) is 5.82. The maximum Gasteiger partial charge on any atom is 0.243 e. The number of imidazole rings is 1. The van der Waals surface area contributed by atoms with Crippen LogP contribution in [0, 0.1) is 13.8 Å². The van der Waals surface area contributed by atoms with E-state index >= 15 is 0 Å². The normalized spacial score (nSPS) is 10.6. The van der Waals surface area contributed by atoms with Gasteiger partial charge in [0.2, 0.25) is 11.8 Å². The molecule has 0 saturated carbocycles. The van der Waals surface area contributed by atoms with E-state index in [-0.39, 0.29) is 24.1 Å². The molecule has 1 heterocycles. The van der Waals surface area contributed by atoms with Gasteiger partial charge in [0, 0.05) is 16.9 Å². The van der Waals surface area contributed by atoms with E-state index in [0.717, 1.165) is 26.4 Å². The van der Waals surface area contributed by atoms with Gasteiger partial charge in [-0.3, -0.25) is 14.2 Å². The first-order chi connectivity index (χ1) is 13.9. The van der Waals surface area contributed by atoms with E-state index in [1.165, 1.54) is 11.8 Å². The highest BCUT2D eigenvalue weighted by molar-refractivity contribution is 9.10. The second-order valence-corrected chi connectivity index (χ2v) is 8.26. The molecule has 8 heteroatoms. The number of para-hydroxylation sites is 1. The van der Waals surface area contributed by atoms with Crippen molar-refractivity contribution in [3.63, 3.8) is 0 Å². The minimum absolute atomic E-state index is 0.0911. The summed E-state index contributed by atoms with van der Waals surface area (Å²) in [6.07, 6.45) is 3.60. The van der Waals surface area contributed by atoms with E-state index in [0.29, 0.717) is 5.69 Å². The van der Waals surface area contributed by atoms with Crippen LogP contribution in [0.3, 0.4) is 0 Å². The highest BCUT2D eigenvalue weighted by Crippen LogP contribution is 2.23. The maximum atomic E-state index is 12.2. The Morgan fingerprint density at radius 3 is 2.72 bits per heavy atom. The van der Waals surface area contributed by atoms with Crippen molar-refractivity contribution < 1.29 is 9.59 Å². The van der Waals surface area contributed by atoms with E-state index in [1.54, 1.807) is 12.3 Å². The van der Waals surface area contributed by atoms with Gasteiger partial charge < -0.3 is 10.6 Å². The summed E-state index contributed by atoms with van der Waals surface area (Å²) in [7, 11) is 0. The third-order valence-electron chi connectivity index (χ3n) is 4.16. The molecule has 0 saturated heterocycles. The Hall–Kier alpha value is -2.58. The number of halogens is 1. The lowest BCUT2D eigenvalue weighted by Gasteiger charge is -2.11. The van der Waals surface area contributed by atoms with Gasteiger partial charge in [-0.25, -0.2) is 4.98 Å². The number of carbonyl (C=O) groups excluding carboxylic acids is 2. The fraction of sp³-hybridized carbons (Fsp3) is 0.190. The summed E-state index contributed by atoms with van der Waals surface area (Å²) in [5.74, 6) is -0.343. The van der Waals surface area contributed by atoms with Crippen molar-refractivity contribution in [2.45, 2.75) is 19.0 Å². The van der Waals surface area contributed by atoms with Gasteiger partial charge in [-0.1, -0.05) is 36.0 Å². The number of benzene rings is 2. The number of anilines is 1. The number of aryl methyl sites for hydroxylation is 2. The molecule has 2 N–H and O–H groups in total. The lowest BCUT2D eigenvalue weighted by molar-refractivity contribution is -0.122. The van der Waals surface area contributed by atoms with Gasteiger partial charge in [0.15, 0.2) is 5.16 Å². The van der Waals surface area contributed by atoms with Gasteiger partial charge in [-0.2, -0.15) is 0 Å². The van der Waals surface area contributed by atoms with Crippen LogP contribution in [0.4, 0.5) is 5.69 Å². The number of hydrogen-bond donors (Lipinski definition) is 2. The predicted octanol–water partition coefficient (Wildman–Crippen LogP) is 4.10. The van der Waals surface area contributed by atoms with Crippen LogP contribution in [0.15, 0.2) is 64.5 Å². The van der Waals surface area contributed by atoms with E-state index < -0.39 is 0 Å². The molecule has 0 fully saturated rings. The second kappa shape index (κ2) is 9.76. The zero-order valence-corrected chi connectivity index (χ0v) is 18.5. The quantitative estimate of drug-likeness (QED) is 0.507. The number of aromatic nitrogens is 2. The molecule has 0 aliphatic heterocycles. The van der Waals surface area contributed by atoms with Crippen LogP contribution in [0.25, 0.3) is 5.69 Å². The first kappa shape index (κ1) is 21.1. The van der Waals surface area contributed by atoms with E-state index in [9.17, 15) is 9.59 Å². The number of hydrogen-bond acceptors (Lipinski definition) is 4. The fourth-order valence-corrected chi connectivity index (χ4v) is 3.86. The molecule has 3 rings (SSSR count). The number of amides is 2. The van der Waals surface area contributed by atoms with Crippen LogP contribution in [0.1, 0.15) is 11.1 Å². The summed E-state index contributed by atoms with van der Waals surface area (Å²) in [5, 5.41) is 6.12. The zero-order valence-electron chi connectivity index (χ0n) is 16.1. The van der Waals surface area contributed by atoms with Gasteiger partial charge in [-0.05, 0) is 59.1 Å². The van der Waals surface area contributed by atoms with Gasteiger partial charge in [-0.15, -0.1) is 0 Å². The number of carbonyl (C=O) groups is 2. The number of nitrogens with one attached hydrogen (secondary N) is 2. The van der Waals surface area contributed by atoms with Gasteiger partial charge in [0.1, 0.15) is 0 Å². The molecule has 0 radical (unpaired) electrons. The summed E-state index contributed by atoms with van der Waals surface area (Å²) in [6, 6.07) is 13.5. The number of rotatable bonds is 7. The van der Waals surface area contributed by atoms with E-state index in [4.69, 9.17) is 0 Å². The first-order valence-electron chi connectivity index (χ1n) is 8.99.